The lowest BCUT2D eigenvalue weighted by molar-refractivity contribution is -0.150. The molecule has 1 N–H and O–H groups in total. The zero-order chi connectivity index (χ0) is 23.3. The van der Waals surface area contributed by atoms with E-state index in [-0.39, 0.29) is 23.1 Å². The van der Waals surface area contributed by atoms with Crippen molar-refractivity contribution in [1.82, 2.24) is 4.90 Å². The lowest BCUT2D eigenvalue weighted by Gasteiger charge is -2.43. The van der Waals surface area contributed by atoms with Crippen LogP contribution < -0.4 is 0 Å². The Balaban J connectivity index is 1.63. The van der Waals surface area contributed by atoms with Crippen LogP contribution in [0.5, 0.6) is 0 Å². The molecule has 0 saturated carbocycles. The van der Waals surface area contributed by atoms with Gasteiger partial charge in [-0.05, 0) is 34.5 Å². The normalized spacial score (nSPS) is 19.2. The van der Waals surface area contributed by atoms with Gasteiger partial charge in [-0.2, -0.15) is 13.2 Å². The Morgan fingerprint density at radius 3 is 2.24 bits per heavy atom. The minimum atomic E-state index is -4.41. The summed E-state index contributed by atoms with van der Waals surface area (Å²) in [6.07, 6.45) is -0.582. The number of ether oxygens (including phenoxy) is 1. The van der Waals surface area contributed by atoms with Crippen LogP contribution in [0, 0.1) is 0 Å². The highest BCUT2D eigenvalue weighted by atomic mass is 32.2. The third kappa shape index (κ3) is 6.18. The molecule has 1 fully saturated rings. The summed E-state index contributed by atoms with van der Waals surface area (Å²) in [7, 11) is 0. The molecule has 3 nitrogen and oxygen atoms in total. The number of hydrogen-bond donors (Lipinski definition) is 1. The highest BCUT2D eigenvalue weighted by molar-refractivity contribution is 8.00. The van der Waals surface area contributed by atoms with Gasteiger partial charge in [-0.3, -0.25) is 4.90 Å². The summed E-state index contributed by atoms with van der Waals surface area (Å²) >= 11 is -0.150. The largest absolute Gasteiger partial charge is 0.446 e. The molecule has 3 aromatic rings. The molecule has 1 aliphatic heterocycles. The van der Waals surface area contributed by atoms with Crippen molar-refractivity contribution in [3.63, 3.8) is 0 Å². The minimum Gasteiger partial charge on any atom is -0.382 e. The second kappa shape index (κ2) is 10.3. The molecule has 4 rings (SSSR count). The van der Waals surface area contributed by atoms with Gasteiger partial charge in [0, 0.05) is 31.0 Å². The lowest BCUT2D eigenvalue weighted by Crippen LogP contribution is -2.53. The molecule has 7 heteroatoms. The SMILES string of the molecule is O[C@](Cc1ccccc1SC(F)(F)F)(c1ccccc1)[C@H]1CN(Cc2ccccc2)CCO1. The third-order valence-corrected chi connectivity index (χ3v) is 6.71. The van der Waals surface area contributed by atoms with Crippen LogP contribution in [0.4, 0.5) is 13.2 Å². The van der Waals surface area contributed by atoms with Gasteiger partial charge in [0.25, 0.3) is 0 Å². The number of aliphatic hydroxyl groups is 1. The molecule has 0 aliphatic carbocycles. The van der Waals surface area contributed by atoms with Crippen molar-refractivity contribution in [2.45, 2.75) is 35.1 Å². The van der Waals surface area contributed by atoms with Crippen LogP contribution in [-0.4, -0.2) is 41.3 Å². The maximum absolute atomic E-state index is 13.2. The molecule has 0 amide bonds. The second-order valence-electron chi connectivity index (χ2n) is 8.20. The van der Waals surface area contributed by atoms with Gasteiger partial charge in [0.05, 0.1) is 6.61 Å². The monoisotopic (exact) mass is 473 g/mol. The van der Waals surface area contributed by atoms with Gasteiger partial charge in [-0.15, -0.1) is 0 Å². The highest BCUT2D eigenvalue weighted by Crippen LogP contribution is 2.41. The molecule has 0 bridgehead atoms. The van der Waals surface area contributed by atoms with Gasteiger partial charge in [0.2, 0.25) is 0 Å². The number of halogens is 3. The van der Waals surface area contributed by atoms with Crippen molar-refractivity contribution < 1.29 is 23.0 Å². The van der Waals surface area contributed by atoms with Gasteiger partial charge < -0.3 is 9.84 Å². The first kappa shape index (κ1) is 23.8. The fourth-order valence-electron chi connectivity index (χ4n) is 4.27. The van der Waals surface area contributed by atoms with E-state index in [1.165, 1.54) is 6.07 Å². The zero-order valence-corrected chi connectivity index (χ0v) is 18.9. The van der Waals surface area contributed by atoms with E-state index in [9.17, 15) is 18.3 Å². The summed E-state index contributed by atoms with van der Waals surface area (Å²) in [5.74, 6) is 0. The first-order valence-corrected chi connectivity index (χ1v) is 11.6. The van der Waals surface area contributed by atoms with Crippen LogP contribution in [0.15, 0.2) is 89.8 Å². The van der Waals surface area contributed by atoms with Crippen LogP contribution in [0.25, 0.3) is 0 Å². The lowest BCUT2D eigenvalue weighted by atomic mass is 9.81. The standard InChI is InChI=1S/C26H26F3NO2S/c27-26(28,29)33-23-14-8-7-11-21(23)17-25(31,22-12-5-2-6-13-22)24-19-30(15-16-32-24)18-20-9-3-1-4-10-20/h1-14,24,31H,15-19H2/t24-,25-/m1/s1. The van der Waals surface area contributed by atoms with E-state index >= 15 is 0 Å². The maximum atomic E-state index is 13.2. The molecule has 1 heterocycles. The van der Waals surface area contributed by atoms with Crippen molar-refractivity contribution in [2.75, 3.05) is 19.7 Å². The molecule has 1 saturated heterocycles. The molecule has 174 valence electrons. The Morgan fingerprint density at radius 1 is 0.909 bits per heavy atom. The topological polar surface area (TPSA) is 32.7 Å². The Labute approximate surface area is 196 Å². The summed E-state index contributed by atoms with van der Waals surface area (Å²) < 4.78 is 45.5. The summed E-state index contributed by atoms with van der Waals surface area (Å²) in [4.78, 5) is 2.31. The molecule has 1 aliphatic rings. The number of hydrogen-bond acceptors (Lipinski definition) is 4. The number of rotatable bonds is 7. The molecule has 2 atom stereocenters. The number of thioether (sulfide) groups is 1. The quantitative estimate of drug-likeness (QED) is 0.451. The molecular weight excluding hydrogens is 447 g/mol. The average Bonchev–Trinajstić information content (AvgIpc) is 2.81. The highest BCUT2D eigenvalue weighted by Gasteiger charge is 2.43. The van der Waals surface area contributed by atoms with Gasteiger partial charge in [-0.25, -0.2) is 0 Å². The third-order valence-electron chi connectivity index (χ3n) is 5.86. The van der Waals surface area contributed by atoms with Crippen LogP contribution >= 0.6 is 11.8 Å². The van der Waals surface area contributed by atoms with E-state index in [2.05, 4.69) is 17.0 Å². The summed E-state index contributed by atoms with van der Waals surface area (Å²) in [6.45, 7) is 2.34. The minimum absolute atomic E-state index is 0.0140. The molecule has 3 aromatic carbocycles. The van der Waals surface area contributed by atoms with E-state index in [0.29, 0.717) is 30.8 Å². The Bertz CT molecular complexity index is 1030. The van der Waals surface area contributed by atoms with Crippen LogP contribution in [0.3, 0.4) is 0 Å². The fraction of sp³-hybridized carbons (Fsp3) is 0.308. The van der Waals surface area contributed by atoms with Gasteiger partial charge >= 0.3 is 5.51 Å². The molecule has 33 heavy (non-hydrogen) atoms. The number of benzene rings is 3. The average molecular weight is 474 g/mol. The number of alkyl halides is 3. The first-order valence-electron chi connectivity index (χ1n) is 10.8. The van der Waals surface area contributed by atoms with Crippen molar-refractivity contribution >= 4 is 11.8 Å². The summed E-state index contributed by atoms with van der Waals surface area (Å²) in [6, 6.07) is 25.5. The van der Waals surface area contributed by atoms with E-state index in [0.717, 1.165) is 12.1 Å². The van der Waals surface area contributed by atoms with Gasteiger partial charge in [0.15, 0.2) is 0 Å². The van der Waals surface area contributed by atoms with E-state index in [1.807, 2.05) is 36.4 Å². The molecular formula is C26H26F3NO2S. The molecule has 0 unspecified atom stereocenters. The van der Waals surface area contributed by atoms with Crippen molar-refractivity contribution in [1.29, 1.82) is 0 Å². The van der Waals surface area contributed by atoms with E-state index in [4.69, 9.17) is 4.74 Å². The van der Waals surface area contributed by atoms with Crippen LogP contribution in [-0.2, 0) is 23.3 Å². The van der Waals surface area contributed by atoms with Crippen molar-refractivity contribution in [2.24, 2.45) is 0 Å². The molecule has 0 aromatic heterocycles. The summed E-state index contributed by atoms with van der Waals surface area (Å²) in [5, 5.41) is 12.0. The second-order valence-corrected chi connectivity index (χ2v) is 9.31. The zero-order valence-electron chi connectivity index (χ0n) is 18.0. The molecule has 0 radical (unpaired) electrons. The Morgan fingerprint density at radius 2 is 1.55 bits per heavy atom. The molecule has 0 spiro atoms. The van der Waals surface area contributed by atoms with E-state index < -0.39 is 17.2 Å². The number of morpholine rings is 1. The maximum Gasteiger partial charge on any atom is 0.446 e. The van der Waals surface area contributed by atoms with Crippen LogP contribution in [0.1, 0.15) is 16.7 Å². The predicted octanol–water partition coefficient (Wildman–Crippen LogP) is 5.63. The smallest absolute Gasteiger partial charge is 0.382 e. The van der Waals surface area contributed by atoms with E-state index in [1.54, 1.807) is 30.3 Å². The van der Waals surface area contributed by atoms with Gasteiger partial charge in [-0.1, -0.05) is 78.9 Å². The fourth-order valence-corrected chi connectivity index (χ4v) is 4.94. The van der Waals surface area contributed by atoms with Gasteiger partial charge in [0.1, 0.15) is 11.7 Å². The Kier molecular flexibility index (Phi) is 7.44. The Hall–Kier alpha value is -2.32. The number of nitrogens with zero attached hydrogens (tertiary/aromatic N) is 1. The van der Waals surface area contributed by atoms with Crippen LogP contribution in [0.2, 0.25) is 0 Å². The van der Waals surface area contributed by atoms with Crippen molar-refractivity contribution in [3.05, 3.63) is 102 Å². The predicted molar refractivity (Wildman–Crippen MR) is 124 cm³/mol. The first-order chi connectivity index (χ1) is 15.8. The van der Waals surface area contributed by atoms with Crippen molar-refractivity contribution in [3.8, 4) is 0 Å². The summed E-state index contributed by atoms with van der Waals surface area (Å²) in [5.41, 5.74) is -3.67.